The van der Waals surface area contributed by atoms with E-state index >= 15 is 0 Å². The number of halogens is 2. The Morgan fingerprint density at radius 2 is 2.14 bits per heavy atom. The quantitative estimate of drug-likeness (QED) is 0.745. The maximum Gasteiger partial charge on any atom is 0.143 e. The van der Waals surface area contributed by atoms with Crippen molar-refractivity contribution in [2.75, 3.05) is 6.61 Å². The predicted molar refractivity (Wildman–Crippen MR) is 56.2 cm³/mol. The topological polar surface area (TPSA) is 29.5 Å². The van der Waals surface area contributed by atoms with Crippen LogP contribution in [0.1, 0.15) is 24.5 Å². The minimum atomic E-state index is -0.524. The smallest absolute Gasteiger partial charge is 0.143 e. The van der Waals surface area contributed by atoms with Crippen molar-refractivity contribution >= 4 is 23.2 Å². The molecule has 1 atom stereocenters. The van der Waals surface area contributed by atoms with Crippen LogP contribution in [0.4, 0.5) is 0 Å². The van der Waals surface area contributed by atoms with E-state index in [1.165, 1.54) is 0 Å². The Morgan fingerprint density at radius 1 is 1.36 bits per heavy atom. The largest absolute Gasteiger partial charge is 0.492 e. The van der Waals surface area contributed by atoms with Crippen molar-refractivity contribution in [3.05, 3.63) is 27.7 Å². The number of fused-ring (bicyclic) bond motifs is 1. The van der Waals surface area contributed by atoms with Gasteiger partial charge in [-0.25, -0.2) is 0 Å². The molecule has 0 aliphatic carbocycles. The van der Waals surface area contributed by atoms with Crippen LogP contribution in [0.5, 0.6) is 5.75 Å². The molecule has 0 saturated heterocycles. The fraction of sp³-hybridized carbons (Fsp3) is 0.400. The summed E-state index contributed by atoms with van der Waals surface area (Å²) in [5, 5.41) is 10.8. The van der Waals surface area contributed by atoms with Crippen LogP contribution in [0.3, 0.4) is 0 Å². The minimum Gasteiger partial charge on any atom is -0.492 e. The molecule has 1 N–H and O–H groups in total. The number of rotatable bonds is 0. The molecule has 1 aromatic carbocycles. The first-order valence-electron chi connectivity index (χ1n) is 4.48. The van der Waals surface area contributed by atoms with E-state index in [2.05, 4.69) is 0 Å². The zero-order valence-electron chi connectivity index (χ0n) is 7.46. The average molecular weight is 233 g/mol. The fourth-order valence-corrected chi connectivity index (χ4v) is 2.15. The van der Waals surface area contributed by atoms with Gasteiger partial charge in [0, 0.05) is 10.6 Å². The summed E-state index contributed by atoms with van der Waals surface area (Å²) in [6.07, 6.45) is 0.983. The van der Waals surface area contributed by atoms with Crippen LogP contribution in [0, 0.1) is 0 Å². The van der Waals surface area contributed by atoms with Crippen molar-refractivity contribution in [3.8, 4) is 5.75 Å². The summed E-state index contributed by atoms with van der Waals surface area (Å²) in [5.41, 5.74) is 0.694. The predicted octanol–water partition coefficient (Wildman–Crippen LogP) is 3.20. The normalized spacial score (nSPS) is 20.9. The summed E-state index contributed by atoms with van der Waals surface area (Å²) in [6, 6.07) is 3.33. The highest BCUT2D eigenvalue weighted by molar-refractivity contribution is 6.35. The Bertz CT molecular complexity index is 352. The van der Waals surface area contributed by atoms with Gasteiger partial charge < -0.3 is 9.84 Å². The van der Waals surface area contributed by atoms with Crippen LogP contribution in [-0.4, -0.2) is 11.7 Å². The van der Waals surface area contributed by atoms with E-state index in [1.54, 1.807) is 12.1 Å². The van der Waals surface area contributed by atoms with Crippen molar-refractivity contribution in [3.63, 3.8) is 0 Å². The van der Waals surface area contributed by atoms with E-state index < -0.39 is 6.10 Å². The molecule has 0 bridgehead atoms. The maximum absolute atomic E-state index is 9.79. The van der Waals surface area contributed by atoms with Crippen LogP contribution in [-0.2, 0) is 0 Å². The lowest BCUT2D eigenvalue weighted by Crippen LogP contribution is -1.97. The maximum atomic E-state index is 9.79. The summed E-state index contributed by atoms with van der Waals surface area (Å²) in [4.78, 5) is 0. The second-order valence-electron chi connectivity index (χ2n) is 3.31. The van der Waals surface area contributed by atoms with Crippen LogP contribution >= 0.6 is 23.2 Å². The molecule has 0 amide bonds. The van der Waals surface area contributed by atoms with Gasteiger partial charge in [-0.1, -0.05) is 23.2 Å². The number of aliphatic hydroxyl groups is 1. The summed E-state index contributed by atoms with van der Waals surface area (Å²) in [7, 11) is 0. The lowest BCUT2D eigenvalue weighted by Gasteiger charge is -2.12. The van der Waals surface area contributed by atoms with Crippen LogP contribution in [0.2, 0.25) is 10.0 Å². The number of ether oxygens (including phenoxy) is 1. The van der Waals surface area contributed by atoms with Crippen molar-refractivity contribution in [2.24, 2.45) is 0 Å². The van der Waals surface area contributed by atoms with Crippen LogP contribution in [0.25, 0.3) is 0 Å². The standard InChI is InChI=1S/C10H10Cl2O2/c11-6-4-7-9(13)2-1-3-14-10(7)8(12)5-6/h4-5,9,13H,1-3H2/t9-/m1/s1. The molecule has 1 aliphatic rings. The molecular weight excluding hydrogens is 223 g/mol. The van der Waals surface area contributed by atoms with E-state index in [9.17, 15) is 5.11 Å². The van der Waals surface area contributed by atoms with Crippen molar-refractivity contribution in [2.45, 2.75) is 18.9 Å². The average Bonchev–Trinajstić information content (AvgIpc) is 2.29. The number of aliphatic hydroxyl groups excluding tert-OH is 1. The molecule has 1 aliphatic heterocycles. The second kappa shape index (κ2) is 3.97. The molecule has 0 aromatic heterocycles. The van der Waals surface area contributed by atoms with Gasteiger partial charge in [0.25, 0.3) is 0 Å². The summed E-state index contributed by atoms with van der Waals surface area (Å²) in [5.74, 6) is 0.570. The second-order valence-corrected chi connectivity index (χ2v) is 4.16. The third-order valence-corrected chi connectivity index (χ3v) is 2.76. The number of benzene rings is 1. The SMILES string of the molecule is O[C@@H]1CCCOc2c(Cl)cc(Cl)cc21. The first kappa shape index (κ1) is 10.1. The van der Waals surface area contributed by atoms with E-state index in [4.69, 9.17) is 27.9 Å². The first-order chi connectivity index (χ1) is 6.68. The van der Waals surface area contributed by atoms with E-state index in [0.29, 0.717) is 34.4 Å². The highest BCUT2D eigenvalue weighted by Gasteiger charge is 2.20. The molecule has 1 heterocycles. The molecule has 1 aromatic rings. The van der Waals surface area contributed by atoms with Gasteiger partial charge in [-0.05, 0) is 25.0 Å². The van der Waals surface area contributed by atoms with Gasteiger partial charge in [-0.15, -0.1) is 0 Å². The van der Waals surface area contributed by atoms with Crippen molar-refractivity contribution in [1.29, 1.82) is 0 Å². The molecule has 0 spiro atoms. The Morgan fingerprint density at radius 3 is 2.93 bits per heavy atom. The van der Waals surface area contributed by atoms with Crippen molar-refractivity contribution < 1.29 is 9.84 Å². The van der Waals surface area contributed by atoms with Gasteiger partial charge in [0.15, 0.2) is 0 Å². The third kappa shape index (κ3) is 1.83. The lowest BCUT2D eigenvalue weighted by molar-refractivity contribution is 0.167. The fourth-order valence-electron chi connectivity index (χ4n) is 1.59. The van der Waals surface area contributed by atoms with Gasteiger partial charge >= 0.3 is 0 Å². The highest BCUT2D eigenvalue weighted by Crippen LogP contribution is 2.39. The Balaban J connectivity index is 2.53. The molecule has 14 heavy (non-hydrogen) atoms. The van der Waals surface area contributed by atoms with Gasteiger partial charge in [0.2, 0.25) is 0 Å². The van der Waals surface area contributed by atoms with Crippen LogP contribution < -0.4 is 4.74 Å². The van der Waals surface area contributed by atoms with E-state index in [0.717, 1.165) is 6.42 Å². The van der Waals surface area contributed by atoms with Crippen LogP contribution in [0.15, 0.2) is 12.1 Å². The molecule has 4 heteroatoms. The zero-order valence-corrected chi connectivity index (χ0v) is 8.98. The Kier molecular flexibility index (Phi) is 2.86. The number of hydrogen-bond acceptors (Lipinski definition) is 2. The first-order valence-corrected chi connectivity index (χ1v) is 5.24. The monoisotopic (exact) mass is 232 g/mol. The van der Waals surface area contributed by atoms with Gasteiger partial charge in [-0.3, -0.25) is 0 Å². The van der Waals surface area contributed by atoms with Gasteiger partial charge in [0.05, 0.1) is 17.7 Å². The van der Waals surface area contributed by atoms with Gasteiger partial charge in [0.1, 0.15) is 5.75 Å². The molecule has 2 nitrogen and oxygen atoms in total. The molecule has 2 rings (SSSR count). The molecule has 0 unspecified atom stereocenters. The van der Waals surface area contributed by atoms with Gasteiger partial charge in [-0.2, -0.15) is 0 Å². The highest BCUT2D eigenvalue weighted by atomic mass is 35.5. The zero-order chi connectivity index (χ0) is 10.1. The van der Waals surface area contributed by atoms with E-state index in [-0.39, 0.29) is 0 Å². The Labute approximate surface area is 92.4 Å². The lowest BCUT2D eigenvalue weighted by atomic mass is 10.1. The summed E-state index contributed by atoms with van der Waals surface area (Å²) < 4.78 is 5.45. The molecule has 0 fully saturated rings. The minimum absolute atomic E-state index is 0.466. The summed E-state index contributed by atoms with van der Waals surface area (Å²) >= 11 is 11.8. The van der Waals surface area contributed by atoms with E-state index in [1.807, 2.05) is 0 Å². The third-order valence-electron chi connectivity index (χ3n) is 2.26. The number of hydrogen-bond donors (Lipinski definition) is 1. The Hall–Kier alpha value is -0.440. The summed E-state index contributed by atoms with van der Waals surface area (Å²) in [6.45, 7) is 0.589. The molecular formula is C10H10Cl2O2. The molecule has 0 radical (unpaired) electrons. The van der Waals surface area contributed by atoms with Crippen molar-refractivity contribution in [1.82, 2.24) is 0 Å². The molecule has 76 valence electrons. The molecule has 0 saturated carbocycles.